The van der Waals surface area contributed by atoms with Gasteiger partial charge in [-0.2, -0.15) is 0 Å². The van der Waals surface area contributed by atoms with Crippen molar-refractivity contribution in [1.82, 2.24) is 4.98 Å². The monoisotopic (exact) mass is 178 g/mol. The summed E-state index contributed by atoms with van der Waals surface area (Å²) in [6.07, 6.45) is 1.87. The number of aromatic nitrogens is 1. The lowest BCUT2D eigenvalue weighted by Gasteiger charge is -2.18. The van der Waals surface area contributed by atoms with Crippen molar-refractivity contribution in [1.29, 1.82) is 0 Å². The highest BCUT2D eigenvalue weighted by atomic mass is 28.4. The molecule has 0 fully saturated rings. The van der Waals surface area contributed by atoms with Crippen LogP contribution < -0.4 is 5.32 Å². The maximum atomic E-state index is 4.35. The first-order valence-corrected chi connectivity index (χ1v) is 7.64. The van der Waals surface area contributed by atoms with Gasteiger partial charge in [-0.1, -0.05) is 24.8 Å². The average Bonchev–Trinajstić information content (AvgIpc) is 2.06. The van der Waals surface area contributed by atoms with Crippen LogP contribution in [0.5, 0.6) is 0 Å². The first kappa shape index (κ1) is 8.68. The molecule has 0 saturated carbocycles. The Bertz CT molecular complexity index is 221. The Morgan fingerprint density at radius 1 is 1.45 bits per heavy atom. The van der Waals surface area contributed by atoms with Crippen LogP contribution in [0.15, 0.2) is 24.4 Å². The van der Waals surface area contributed by atoms with Gasteiger partial charge in [0.2, 0.25) is 0 Å². The van der Waals surface area contributed by atoms with E-state index in [-0.39, 0.29) is 0 Å². The number of nitrogens with zero attached hydrogens (tertiary/aromatic N) is 1. The van der Waals surface area contributed by atoms with Gasteiger partial charge < -0.3 is 0 Å². The van der Waals surface area contributed by atoms with Crippen LogP contribution >= 0.6 is 0 Å². The van der Waals surface area contributed by atoms with E-state index in [0.29, 0.717) is 0 Å². The van der Waals surface area contributed by atoms with Crippen LogP contribution in [-0.4, -0.2) is 23.3 Å². The van der Waals surface area contributed by atoms with E-state index in [0.717, 1.165) is 5.67 Å². The molecule has 0 amide bonds. The van der Waals surface area contributed by atoms with Crippen LogP contribution in [0.2, 0.25) is 18.8 Å². The Morgan fingerprint density at radius 2 is 2.18 bits per heavy atom. The van der Waals surface area contributed by atoms with Gasteiger partial charge in [0.25, 0.3) is 0 Å². The maximum absolute atomic E-state index is 4.35. The van der Waals surface area contributed by atoms with E-state index in [1.165, 1.54) is 5.32 Å². The topological polar surface area (TPSA) is 12.9 Å². The summed E-state index contributed by atoms with van der Waals surface area (Å²) < 4.78 is 0. The fraction of sp³-hybridized carbons (Fsp3) is 0.375. The zero-order valence-corrected chi connectivity index (χ0v) is 8.96. The van der Waals surface area contributed by atoms with Gasteiger partial charge >= 0.3 is 0 Å². The van der Waals surface area contributed by atoms with E-state index in [1.807, 2.05) is 12.3 Å². The van der Waals surface area contributed by atoms with Crippen molar-refractivity contribution >= 4 is 23.6 Å². The number of hydrogen-bond acceptors (Lipinski definition) is 1. The molecule has 1 aromatic rings. The summed E-state index contributed by atoms with van der Waals surface area (Å²) in [5.74, 6) is 0. The minimum absolute atomic E-state index is 1.07. The van der Waals surface area contributed by atoms with Gasteiger partial charge in [-0.05, 0) is 12.1 Å². The van der Waals surface area contributed by atoms with Crippen LogP contribution in [0.3, 0.4) is 0 Å². The molecule has 3 heteroatoms. The second kappa shape index (κ2) is 3.32. The molecule has 1 heterocycles. The Kier molecular flexibility index (Phi) is 2.62. The molecule has 0 unspecified atom stereocenters. The van der Waals surface area contributed by atoms with Crippen LogP contribution in [0.1, 0.15) is 0 Å². The summed E-state index contributed by atoms with van der Waals surface area (Å²) >= 11 is 0. The van der Waals surface area contributed by atoms with E-state index in [4.69, 9.17) is 0 Å². The number of pyridine rings is 1. The summed E-state index contributed by atoms with van der Waals surface area (Å²) in [7, 11) is 2.33. The Morgan fingerprint density at radius 3 is 2.64 bits per heavy atom. The molecule has 1 aromatic heterocycles. The van der Waals surface area contributed by atoms with Gasteiger partial charge in [-0.15, -0.1) is 0 Å². The lowest BCUT2D eigenvalue weighted by molar-refractivity contribution is 1.36. The van der Waals surface area contributed by atoms with Crippen LogP contribution in [0, 0.1) is 0 Å². The van der Waals surface area contributed by atoms with Crippen LogP contribution in [0.25, 0.3) is 0 Å². The van der Waals surface area contributed by atoms with Gasteiger partial charge in [0.15, 0.2) is 0 Å². The van der Waals surface area contributed by atoms with Crippen molar-refractivity contribution in [3.05, 3.63) is 24.4 Å². The van der Waals surface area contributed by atoms with Gasteiger partial charge in [-0.25, -0.2) is 0 Å². The Labute approximate surface area is 72.3 Å². The second-order valence-corrected chi connectivity index (χ2v) is 8.97. The summed E-state index contributed by atoms with van der Waals surface area (Å²) in [6, 6.07) is 6.13. The standard InChI is InChI=1S/C8H12NSi2/c1-11(2,7-10)8-5-3-4-6-9-8/h3-6H,7H2,1-2H3. The third kappa shape index (κ3) is 2.00. The van der Waals surface area contributed by atoms with Gasteiger partial charge in [-0.3, -0.25) is 4.98 Å². The van der Waals surface area contributed by atoms with Gasteiger partial charge in [0, 0.05) is 21.8 Å². The zero-order valence-electron chi connectivity index (χ0n) is 6.96. The Hall–Kier alpha value is -0.416. The predicted molar refractivity (Wildman–Crippen MR) is 51.9 cm³/mol. The highest BCUT2D eigenvalue weighted by Gasteiger charge is 2.21. The van der Waals surface area contributed by atoms with E-state index in [1.54, 1.807) is 0 Å². The molecule has 0 bridgehead atoms. The highest BCUT2D eigenvalue weighted by Crippen LogP contribution is 2.03. The summed E-state index contributed by atoms with van der Waals surface area (Å²) in [6.45, 7) is 4.62. The molecular formula is C8H12NSi2. The third-order valence-corrected chi connectivity index (χ3v) is 7.02. The molecule has 1 rings (SSSR count). The van der Waals surface area contributed by atoms with Crippen molar-refractivity contribution in [3.63, 3.8) is 0 Å². The molecule has 0 aliphatic carbocycles. The molecule has 0 atom stereocenters. The highest BCUT2D eigenvalue weighted by molar-refractivity contribution is 6.92. The molecular weight excluding hydrogens is 166 g/mol. The van der Waals surface area contributed by atoms with E-state index >= 15 is 0 Å². The minimum Gasteiger partial charge on any atom is -0.266 e. The molecule has 0 aliphatic rings. The number of hydrogen-bond donors (Lipinski definition) is 0. The Balaban J connectivity index is 2.93. The summed E-state index contributed by atoms with van der Waals surface area (Å²) in [4.78, 5) is 4.35. The summed E-state index contributed by atoms with van der Waals surface area (Å²) in [5.41, 5.74) is 1.07. The SMILES string of the molecule is C[Si](C)(C[Si])c1ccccn1. The van der Waals surface area contributed by atoms with Gasteiger partial charge in [0.1, 0.15) is 8.07 Å². The largest absolute Gasteiger partial charge is 0.266 e. The van der Waals surface area contributed by atoms with E-state index in [9.17, 15) is 0 Å². The fourth-order valence-corrected chi connectivity index (χ4v) is 2.55. The third-order valence-electron chi connectivity index (χ3n) is 1.80. The first-order valence-electron chi connectivity index (χ1n) is 3.73. The summed E-state index contributed by atoms with van der Waals surface area (Å²) in [5, 5.41) is 1.27. The average molecular weight is 178 g/mol. The minimum atomic E-state index is -1.25. The molecule has 0 spiro atoms. The molecule has 0 aliphatic heterocycles. The molecule has 0 saturated heterocycles. The van der Waals surface area contributed by atoms with Crippen molar-refractivity contribution in [3.8, 4) is 0 Å². The molecule has 1 nitrogen and oxygen atoms in total. The normalized spacial score (nSPS) is 11.5. The van der Waals surface area contributed by atoms with E-state index < -0.39 is 8.07 Å². The van der Waals surface area contributed by atoms with Gasteiger partial charge in [0.05, 0.1) is 0 Å². The smallest absolute Gasteiger partial charge is 0.101 e. The molecule has 0 N–H and O–H groups in total. The fourth-order valence-electron chi connectivity index (χ4n) is 0.854. The van der Waals surface area contributed by atoms with Crippen molar-refractivity contribution < 1.29 is 0 Å². The van der Waals surface area contributed by atoms with Crippen LogP contribution in [-0.2, 0) is 0 Å². The molecule has 3 radical (unpaired) electrons. The van der Waals surface area contributed by atoms with Crippen molar-refractivity contribution in [2.75, 3.05) is 0 Å². The number of rotatable bonds is 2. The van der Waals surface area contributed by atoms with Crippen molar-refractivity contribution in [2.45, 2.75) is 18.8 Å². The van der Waals surface area contributed by atoms with E-state index in [2.05, 4.69) is 40.5 Å². The maximum Gasteiger partial charge on any atom is 0.101 e. The molecule has 57 valence electrons. The molecule has 0 aromatic carbocycles. The quantitative estimate of drug-likeness (QED) is 0.619. The zero-order chi connectivity index (χ0) is 8.32. The first-order chi connectivity index (χ1) is 5.17. The lowest BCUT2D eigenvalue weighted by Crippen LogP contribution is -2.43. The predicted octanol–water partition coefficient (Wildman–Crippen LogP) is 1.12. The lowest BCUT2D eigenvalue weighted by atomic mass is 10.5. The second-order valence-electron chi connectivity index (χ2n) is 3.28. The van der Waals surface area contributed by atoms with Crippen molar-refractivity contribution in [2.24, 2.45) is 0 Å². The molecule has 11 heavy (non-hydrogen) atoms. The van der Waals surface area contributed by atoms with Crippen LogP contribution in [0.4, 0.5) is 0 Å².